The predicted molar refractivity (Wildman–Crippen MR) is 82.0 cm³/mol. The van der Waals surface area contributed by atoms with Crippen LogP contribution in [0.2, 0.25) is 0 Å². The van der Waals surface area contributed by atoms with Gasteiger partial charge in [-0.05, 0) is 51.2 Å². The van der Waals surface area contributed by atoms with Crippen molar-refractivity contribution in [3.05, 3.63) is 18.2 Å². The number of nitrogens with two attached hydrogens (primary N) is 1. The van der Waals surface area contributed by atoms with E-state index in [1.165, 1.54) is 19.3 Å². The Labute approximate surface area is 119 Å². The van der Waals surface area contributed by atoms with Crippen LogP contribution in [-0.2, 0) is 0 Å². The number of rotatable bonds is 3. The fourth-order valence-corrected chi connectivity index (χ4v) is 3.25. The normalized spacial score (nSPS) is 22.8. The number of hydrogen-bond donors (Lipinski definition) is 1. The van der Waals surface area contributed by atoms with Crippen molar-refractivity contribution >= 4 is 17.0 Å². The van der Waals surface area contributed by atoms with Crippen molar-refractivity contribution in [3.63, 3.8) is 0 Å². The van der Waals surface area contributed by atoms with Crippen molar-refractivity contribution in [1.29, 1.82) is 0 Å². The van der Waals surface area contributed by atoms with Gasteiger partial charge in [-0.15, -0.1) is 0 Å². The molecular weight excluding hydrogens is 250 g/mol. The van der Waals surface area contributed by atoms with Gasteiger partial charge >= 0.3 is 0 Å². The molecule has 4 nitrogen and oxygen atoms in total. The van der Waals surface area contributed by atoms with Crippen molar-refractivity contribution in [2.75, 3.05) is 5.73 Å². The number of hydrogen-bond acceptors (Lipinski definition) is 3. The quantitative estimate of drug-likeness (QED) is 0.926. The van der Waals surface area contributed by atoms with Crippen LogP contribution in [0.25, 0.3) is 11.0 Å². The first-order valence-electron chi connectivity index (χ1n) is 7.49. The molecule has 108 valence electrons. The maximum atomic E-state index is 6.17. The summed E-state index contributed by atoms with van der Waals surface area (Å²) >= 11 is 0. The number of imidazole rings is 1. The Morgan fingerprint density at radius 1 is 1.35 bits per heavy atom. The van der Waals surface area contributed by atoms with Gasteiger partial charge in [0.2, 0.25) is 5.95 Å². The number of anilines is 1. The van der Waals surface area contributed by atoms with E-state index < -0.39 is 0 Å². The van der Waals surface area contributed by atoms with E-state index in [9.17, 15) is 0 Å². The molecule has 1 saturated carbocycles. The number of nitrogen functional groups attached to an aromatic ring is 1. The molecule has 1 heterocycles. The highest BCUT2D eigenvalue weighted by Crippen LogP contribution is 2.39. The summed E-state index contributed by atoms with van der Waals surface area (Å²) in [5.41, 5.74) is 8.16. The van der Waals surface area contributed by atoms with Crippen LogP contribution in [0, 0.1) is 5.92 Å². The van der Waals surface area contributed by atoms with Crippen LogP contribution in [-0.4, -0.2) is 15.7 Å². The smallest absolute Gasteiger partial charge is 0.201 e. The molecule has 0 spiro atoms. The van der Waals surface area contributed by atoms with Crippen molar-refractivity contribution in [2.45, 2.75) is 52.2 Å². The van der Waals surface area contributed by atoms with Crippen LogP contribution in [0.3, 0.4) is 0 Å². The average Bonchev–Trinajstić information content (AvgIpc) is 2.92. The number of para-hydroxylation sites is 1. The summed E-state index contributed by atoms with van der Waals surface area (Å²) < 4.78 is 8.05. The molecule has 0 aliphatic heterocycles. The first kappa shape index (κ1) is 13.3. The molecule has 0 amide bonds. The summed E-state index contributed by atoms with van der Waals surface area (Å²) in [5.74, 6) is 2.21. The summed E-state index contributed by atoms with van der Waals surface area (Å²) in [7, 11) is 0. The minimum Gasteiger partial charge on any atom is -0.489 e. The highest BCUT2D eigenvalue weighted by Gasteiger charge is 2.26. The molecule has 0 radical (unpaired) electrons. The van der Waals surface area contributed by atoms with E-state index in [4.69, 9.17) is 10.5 Å². The van der Waals surface area contributed by atoms with Gasteiger partial charge in [0.25, 0.3) is 0 Å². The summed E-state index contributed by atoms with van der Waals surface area (Å²) in [4.78, 5) is 4.55. The molecular formula is C16H23N3O. The minimum absolute atomic E-state index is 0.137. The zero-order chi connectivity index (χ0) is 14.3. The van der Waals surface area contributed by atoms with E-state index in [-0.39, 0.29) is 6.10 Å². The van der Waals surface area contributed by atoms with Crippen LogP contribution in [0.15, 0.2) is 18.2 Å². The summed E-state index contributed by atoms with van der Waals surface area (Å²) in [5, 5.41) is 0. The van der Waals surface area contributed by atoms with Gasteiger partial charge in [0.05, 0.1) is 11.6 Å². The van der Waals surface area contributed by atoms with Gasteiger partial charge in [-0.1, -0.05) is 13.0 Å². The van der Waals surface area contributed by atoms with Crippen LogP contribution in [0.5, 0.6) is 5.75 Å². The fourth-order valence-electron chi connectivity index (χ4n) is 3.25. The highest BCUT2D eigenvalue weighted by molar-refractivity contribution is 5.84. The molecule has 20 heavy (non-hydrogen) atoms. The Kier molecular flexibility index (Phi) is 3.32. The number of aromatic nitrogens is 2. The van der Waals surface area contributed by atoms with Crippen LogP contribution in [0.1, 0.15) is 46.1 Å². The van der Waals surface area contributed by atoms with E-state index in [1.807, 2.05) is 26.0 Å². The maximum absolute atomic E-state index is 6.17. The second-order valence-electron chi connectivity index (χ2n) is 6.20. The molecule has 1 aromatic heterocycles. The minimum atomic E-state index is 0.137. The zero-order valence-corrected chi connectivity index (χ0v) is 12.5. The Balaban J connectivity index is 2.07. The Morgan fingerprint density at radius 3 is 2.80 bits per heavy atom. The third-order valence-corrected chi connectivity index (χ3v) is 4.11. The predicted octanol–water partition coefficient (Wildman–Crippen LogP) is 3.77. The van der Waals surface area contributed by atoms with Gasteiger partial charge in [0, 0.05) is 6.04 Å². The van der Waals surface area contributed by atoms with E-state index in [1.54, 1.807) is 0 Å². The maximum Gasteiger partial charge on any atom is 0.201 e. The largest absolute Gasteiger partial charge is 0.489 e. The van der Waals surface area contributed by atoms with Crippen LogP contribution < -0.4 is 10.5 Å². The molecule has 0 saturated heterocycles. The van der Waals surface area contributed by atoms with E-state index in [0.29, 0.717) is 12.0 Å². The first-order chi connectivity index (χ1) is 9.56. The molecule has 1 aliphatic rings. The van der Waals surface area contributed by atoms with Gasteiger partial charge < -0.3 is 15.0 Å². The fraction of sp³-hybridized carbons (Fsp3) is 0.562. The number of fused-ring (bicyclic) bond motifs is 1. The summed E-state index contributed by atoms with van der Waals surface area (Å²) in [6, 6.07) is 6.56. The molecule has 2 atom stereocenters. The molecule has 1 aromatic carbocycles. The number of benzene rings is 1. The lowest BCUT2D eigenvalue weighted by Crippen LogP contribution is -2.09. The lowest BCUT2D eigenvalue weighted by Gasteiger charge is -2.15. The number of nitrogens with zero attached hydrogens (tertiary/aromatic N) is 2. The monoisotopic (exact) mass is 273 g/mol. The molecule has 2 unspecified atom stereocenters. The molecule has 1 fully saturated rings. The lowest BCUT2D eigenvalue weighted by atomic mass is 10.1. The molecule has 3 rings (SSSR count). The van der Waals surface area contributed by atoms with Crippen LogP contribution >= 0.6 is 0 Å². The SMILES string of the molecule is CC1CCC(n2c(N)nc3c(OC(C)C)cccc32)C1. The molecule has 2 N–H and O–H groups in total. The number of ether oxygens (including phenoxy) is 1. The lowest BCUT2D eigenvalue weighted by molar-refractivity contribution is 0.245. The summed E-state index contributed by atoms with van der Waals surface area (Å²) in [6.07, 6.45) is 3.78. The van der Waals surface area contributed by atoms with Gasteiger partial charge in [-0.25, -0.2) is 4.98 Å². The van der Waals surface area contributed by atoms with Gasteiger partial charge in [-0.3, -0.25) is 0 Å². The summed E-state index contributed by atoms with van der Waals surface area (Å²) in [6.45, 7) is 6.36. The molecule has 0 bridgehead atoms. The van der Waals surface area contributed by atoms with Crippen molar-refractivity contribution in [3.8, 4) is 5.75 Å². The van der Waals surface area contributed by atoms with E-state index >= 15 is 0 Å². The van der Waals surface area contributed by atoms with Gasteiger partial charge in [-0.2, -0.15) is 0 Å². The molecule has 2 aromatic rings. The van der Waals surface area contributed by atoms with Crippen molar-refractivity contribution < 1.29 is 4.74 Å². The first-order valence-corrected chi connectivity index (χ1v) is 7.49. The third-order valence-electron chi connectivity index (χ3n) is 4.11. The Bertz CT molecular complexity index is 617. The van der Waals surface area contributed by atoms with Crippen molar-refractivity contribution in [2.24, 2.45) is 5.92 Å². The second kappa shape index (κ2) is 5.00. The van der Waals surface area contributed by atoms with Gasteiger partial charge in [0.15, 0.2) is 0 Å². The Morgan fingerprint density at radius 2 is 2.15 bits per heavy atom. The van der Waals surface area contributed by atoms with Crippen LogP contribution in [0.4, 0.5) is 5.95 Å². The van der Waals surface area contributed by atoms with Gasteiger partial charge in [0.1, 0.15) is 11.3 Å². The van der Waals surface area contributed by atoms with Crippen molar-refractivity contribution in [1.82, 2.24) is 9.55 Å². The molecule has 1 aliphatic carbocycles. The van der Waals surface area contributed by atoms with E-state index in [2.05, 4.69) is 22.5 Å². The third kappa shape index (κ3) is 2.23. The standard InChI is InChI=1S/C16H23N3O/c1-10(2)20-14-6-4-5-13-15(14)18-16(17)19(13)12-8-7-11(3)9-12/h4-6,10-12H,7-9H2,1-3H3,(H2,17,18). The second-order valence-corrected chi connectivity index (χ2v) is 6.20. The topological polar surface area (TPSA) is 53.1 Å². The average molecular weight is 273 g/mol. The zero-order valence-electron chi connectivity index (χ0n) is 12.5. The Hall–Kier alpha value is -1.71. The highest BCUT2D eigenvalue weighted by atomic mass is 16.5. The molecule has 4 heteroatoms. The van der Waals surface area contributed by atoms with E-state index in [0.717, 1.165) is 22.7 Å².